The molecule has 2 N–H and O–H groups in total. The monoisotopic (exact) mass is 263 g/mol. The summed E-state index contributed by atoms with van der Waals surface area (Å²) in [6.07, 6.45) is 2.81. The van der Waals surface area contributed by atoms with Crippen LogP contribution in [0.1, 0.15) is 27.2 Å². The second-order valence-corrected chi connectivity index (χ2v) is 6.30. The van der Waals surface area contributed by atoms with E-state index in [-0.39, 0.29) is 5.54 Å². The van der Waals surface area contributed by atoms with Crippen molar-refractivity contribution in [2.75, 3.05) is 36.5 Å². The summed E-state index contributed by atoms with van der Waals surface area (Å²) in [5.41, 5.74) is 5.79. The number of hydrogen-bond donors (Lipinski definition) is 1. The highest BCUT2D eigenvalue weighted by Crippen LogP contribution is 2.25. The predicted octanol–water partition coefficient (Wildman–Crippen LogP) is 1.50. The van der Waals surface area contributed by atoms with Crippen LogP contribution >= 0.6 is 0 Å². The molecule has 0 spiro atoms. The average Bonchev–Trinajstić information content (AvgIpc) is 2.85. The number of anilines is 2. The minimum Gasteiger partial charge on any atom is -0.356 e. The maximum atomic E-state index is 5.74. The van der Waals surface area contributed by atoms with Gasteiger partial charge in [0, 0.05) is 31.7 Å². The number of nitrogens with zero attached hydrogens (tertiary/aromatic N) is 4. The normalized spacial score (nSPS) is 19.8. The van der Waals surface area contributed by atoms with Gasteiger partial charge in [-0.25, -0.2) is 9.97 Å². The van der Waals surface area contributed by atoms with E-state index in [1.54, 1.807) is 6.33 Å². The molecule has 1 saturated heterocycles. The van der Waals surface area contributed by atoms with Crippen molar-refractivity contribution < 1.29 is 0 Å². The van der Waals surface area contributed by atoms with Crippen LogP contribution in [0.25, 0.3) is 0 Å². The third-order valence-corrected chi connectivity index (χ3v) is 3.93. The van der Waals surface area contributed by atoms with Gasteiger partial charge >= 0.3 is 0 Å². The van der Waals surface area contributed by atoms with E-state index in [0.717, 1.165) is 37.7 Å². The topological polar surface area (TPSA) is 58.3 Å². The van der Waals surface area contributed by atoms with Crippen molar-refractivity contribution in [1.82, 2.24) is 9.97 Å². The highest BCUT2D eigenvalue weighted by molar-refractivity contribution is 5.51. The summed E-state index contributed by atoms with van der Waals surface area (Å²) in [5, 5.41) is 0. The SMILES string of the molecule is CN(c1cc(N2CCC(CN)C2)ncn1)C(C)(C)C. The Morgan fingerprint density at radius 2 is 2.16 bits per heavy atom. The van der Waals surface area contributed by atoms with Crippen molar-refractivity contribution in [1.29, 1.82) is 0 Å². The van der Waals surface area contributed by atoms with Crippen molar-refractivity contribution in [3.63, 3.8) is 0 Å². The van der Waals surface area contributed by atoms with Gasteiger partial charge in [-0.05, 0) is 39.7 Å². The van der Waals surface area contributed by atoms with Crippen molar-refractivity contribution in [2.24, 2.45) is 11.7 Å². The standard InChI is InChI=1S/C14H25N5/c1-14(2,3)18(4)12-7-13(17-10-16-12)19-6-5-11(8-15)9-19/h7,10-11H,5-6,8-9,15H2,1-4H3. The van der Waals surface area contributed by atoms with Gasteiger partial charge in [0.2, 0.25) is 0 Å². The molecule has 1 unspecified atom stereocenters. The lowest BCUT2D eigenvalue weighted by Crippen LogP contribution is -2.38. The van der Waals surface area contributed by atoms with Crippen LogP contribution < -0.4 is 15.5 Å². The molecule has 5 nitrogen and oxygen atoms in total. The first-order valence-corrected chi connectivity index (χ1v) is 6.92. The van der Waals surface area contributed by atoms with E-state index in [4.69, 9.17) is 5.73 Å². The highest BCUT2D eigenvalue weighted by Gasteiger charge is 2.24. The fraction of sp³-hybridized carbons (Fsp3) is 0.714. The fourth-order valence-corrected chi connectivity index (χ4v) is 2.27. The van der Waals surface area contributed by atoms with E-state index >= 15 is 0 Å². The predicted molar refractivity (Wildman–Crippen MR) is 79.6 cm³/mol. The van der Waals surface area contributed by atoms with Crippen LogP contribution in [0.3, 0.4) is 0 Å². The maximum Gasteiger partial charge on any atom is 0.134 e. The Morgan fingerprint density at radius 3 is 2.74 bits per heavy atom. The lowest BCUT2D eigenvalue weighted by Gasteiger charge is -2.33. The molecule has 2 heterocycles. The zero-order chi connectivity index (χ0) is 14.0. The molecule has 1 aromatic rings. The van der Waals surface area contributed by atoms with E-state index in [1.807, 2.05) is 0 Å². The molecular weight excluding hydrogens is 238 g/mol. The lowest BCUT2D eigenvalue weighted by atomic mass is 10.1. The molecule has 0 aliphatic carbocycles. The van der Waals surface area contributed by atoms with Crippen molar-refractivity contribution >= 4 is 11.6 Å². The zero-order valence-corrected chi connectivity index (χ0v) is 12.4. The minimum absolute atomic E-state index is 0.0520. The number of hydrogen-bond acceptors (Lipinski definition) is 5. The van der Waals surface area contributed by atoms with Gasteiger partial charge in [-0.2, -0.15) is 0 Å². The fourth-order valence-electron chi connectivity index (χ4n) is 2.27. The zero-order valence-electron chi connectivity index (χ0n) is 12.4. The summed E-state index contributed by atoms with van der Waals surface area (Å²) in [4.78, 5) is 13.3. The van der Waals surface area contributed by atoms with Gasteiger partial charge in [0.15, 0.2) is 0 Å². The van der Waals surface area contributed by atoms with E-state index in [9.17, 15) is 0 Å². The Morgan fingerprint density at radius 1 is 1.42 bits per heavy atom. The number of rotatable bonds is 3. The Hall–Kier alpha value is -1.36. The molecule has 0 amide bonds. The van der Waals surface area contributed by atoms with Crippen LogP contribution in [-0.2, 0) is 0 Å². The summed E-state index contributed by atoms with van der Waals surface area (Å²) in [5.74, 6) is 2.57. The average molecular weight is 263 g/mol. The lowest BCUT2D eigenvalue weighted by molar-refractivity contribution is 0.533. The van der Waals surface area contributed by atoms with Crippen LogP contribution in [0.5, 0.6) is 0 Å². The molecule has 1 atom stereocenters. The maximum absolute atomic E-state index is 5.74. The van der Waals surface area contributed by atoms with Gasteiger partial charge in [-0.15, -0.1) is 0 Å². The first-order chi connectivity index (χ1) is 8.91. The van der Waals surface area contributed by atoms with Gasteiger partial charge in [-0.3, -0.25) is 0 Å². The molecule has 5 heteroatoms. The molecule has 1 aliphatic rings. The molecule has 19 heavy (non-hydrogen) atoms. The summed E-state index contributed by atoms with van der Waals surface area (Å²) >= 11 is 0. The molecular formula is C14H25N5. The van der Waals surface area contributed by atoms with Crippen molar-refractivity contribution in [3.8, 4) is 0 Å². The smallest absolute Gasteiger partial charge is 0.134 e. The quantitative estimate of drug-likeness (QED) is 0.895. The van der Waals surface area contributed by atoms with Gasteiger partial charge in [0.05, 0.1) is 0 Å². The third kappa shape index (κ3) is 3.15. The molecule has 106 valence electrons. The number of nitrogens with two attached hydrogens (primary N) is 1. The van der Waals surface area contributed by atoms with Gasteiger partial charge in [0.1, 0.15) is 18.0 Å². The van der Waals surface area contributed by atoms with E-state index < -0.39 is 0 Å². The highest BCUT2D eigenvalue weighted by atomic mass is 15.3. The second-order valence-electron chi connectivity index (χ2n) is 6.30. The molecule has 0 aromatic carbocycles. The molecule has 1 fully saturated rings. The second kappa shape index (κ2) is 5.33. The molecule has 0 saturated carbocycles. The first-order valence-electron chi connectivity index (χ1n) is 6.92. The minimum atomic E-state index is 0.0520. The van der Waals surface area contributed by atoms with Crippen LogP contribution in [0.4, 0.5) is 11.6 Å². The number of aromatic nitrogens is 2. The van der Waals surface area contributed by atoms with E-state index in [2.05, 4.69) is 53.7 Å². The van der Waals surface area contributed by atoms with Crippen LogP contribution in [0, 0.1) is 5.92 Å². The van der Waals surface area contributed by atoms with Crippen LogP contribution in [0.15, 0.2) is 12.4 Å². The van der Waals surface area contributed by atoms with Crippen molar-refractivity contribution in [2.45, 2.75) is 32.7 Å². The summed E-state index contributed by atoms with van der Waals surface area (Å²) < 4.78 is 0. The molecule has 0 bridgehead atoms. The molecule has 0 radical (unpaired) electrons. The largest absolute Gasteiger partial charge is 0.356 e. The van der Waals surface area contributed by atoms with Gasteiger partial charge in [-0.1, -0.05) is 0 Å². The summed E-state index contributed by atoms with van der Waals surface area (Å²) in [6.45, 7) is 9.33. The van der Waals surface area contributed by atoms with Gasteiger partial charge in [0.25, 0.3) is 0 Å². The van der Waals surface area contributed by atoms with Crippen molar-refractivity contribution in [3.05, 3.63) is 12.4 Å². The molecule has 1 aromatic heterocycles. The van der Waals surface area contributed by atoms with E-state index in [1.165, 1.54) is 0 Å². The van der Waals surface area contributed by atoms with E-state index in [0.29, 0.717) is 5.92 Å². The Kier molecular flexibility index (Phi) is 3.94. The molecule has 2 rings (SSSR count). The third-order valence-electron chi connectivity index (χ3n) is 3.93. The van der Waals surface area contributed by atoms with Crippen LogP contribution in [0.2, 0.25) is 0 Å². The summed E-state index contributed by atoms with van der Waals surface area (Å²) in [7, 11) is 2.07. The Bertz CT molecular complexity index is 426. The van der Waals surface area contributed by atoms with Gasteiger partial charge < -0.3 is 15.5 Å². The van der Waals surface area contributed by atoms with Crippen LogP contribution in [-0.4, -0.2) is 42.2 Å². The summed E-state index contributed by atoms with van der Waals surface area (Å²) in [6, 6.07) is 2.07. The Labute approximate surface area is 115 Å². The Balaban J connectivity index is 2.16. The first kappa shape index (κ1) is 14.1. The molecule has 1 aliphatic heterocycles.